The maximum atomic E-state index is 11.4. The number of alkyl halides is 1. The topological polar surface area (TPSA) is 55.1 Å². The highest BCUT2D eigenvalue weighted by atomic mass is 35.5. The summed E-state index contributed by atoms with van der Waals surface area (Å²) >= 11 is 0. The zero-order valence-corrected chi connectivity index (χ0v) is 6.58. The minimum absolute atomic E-state index is 0. The molecular formula is C5H12ClFN2O. The van der Waals surface area contributed by atoms with Gasteiger partial charge in [0.2, 0.25) is 5.91 Å². The summed E-state index contributed by atoms with van der Waals surface area (Å²) in [4.78, 5) is 10.5. The fraction of sp³-hybridized carbons (Fsp3) is 0.800. The molecule has 0 saturated carbocycles. The highest BCUT2D eigenvalue weighted by molar-refractivity contribution is 5.85. The Hall–Kier alpha value is -0.350. The minimum Gasteiger partial charge on any atom is -0.352 e. The molecule has 5 heteroatoms. The van der Waals surface area contributed by atoms with E-state index in [0.29, 0.717) is 0 Å². The van der Waals surface area contributed by atoms with E-state index in [1.807, 2.05) is 0 Å². The Morgan fingerprint density at radius 2 is 2.30 bits per heavy atom. The van der Waals surface area contributed by atoms with E-state index < -0.39 is 12.7 Å². The normalized spacial score (nSPS) is 11.5. The van der Waals surface area contributed by atoms with E-state index in [0.717, 1.165) is 0 Å². The van der Waals surface area contributed by atoms with Crippen LogP contribution in [0.2, 0.25) is 0 Å². The lowest BCUT2D eigenvalue weighted by molar-refractivity contribution is -0.122. The van der Waals surface area contributed by atoms with Gasteiger partial charge in [-0.1, -0.05) is 0 Å². The molecule has 0 aromatic rings. The molecule has 62 valence electrons. The first-order valence-corrected chi connectivity index (χ1v) is 2.77. The third-order valence-corrected chi connectivity index (χ3v) is 0.807. The van der Waals surface area contributed by atoms with Gasteiger partial charge in [0.1, 0.15) is 6.67 Å². The second-order valence-electron chi connectivity index (χ2n) is 1.77. The minimum atomic E-state index is -0.545. The highest BCUT2D eigenvalue weighted by Gasteiger charge is 2.03. The molecule has 3 nitrogen and oxygen atoms in total. The molecule has 0 saturated heterocycles. The first-order valence-electron chi connectivity index (χ1n) is 2.77. The standard InChI is InChI=1S/C5H11FN2O.ClH/c1-4(7)5(9)8-3-2-6;/h4H,2-3,7H2,1H3,(H,8,9);1H. The number of hydrogen-bond donors (Lipinski definition) is 2. The summed E-state index contributed by atoms with van der Waals surface area (Å²) in [5, 5.41) is 2.29. The second-order valence-corrected chi connectivity index (χ2v) is 1.77. The summed E-state index contributed by atoms with van der Waals surface area (Å²) in [6.07, 6.45) is 0. The van der Waals surface area contributed by atoms with Crippen molar-refractivity contribution in [2.24, 2.45) is 5.73 Å². The quantitative estimate of drug-likeness (QED) is 0.619. The molecule has 1 unspecified atom stereocenters. The van der Waals surface area contributed by atoms with E-state index in [1.165, 1.54) is 0 Å². The van der Waals surface area contributed by atoms with Crippen LogP contribution in [-0.4, -0.2) is 25.2 Å². The lowest BCUT2D eigenvalue weighted by atomic mass is 10.3. The smallest absolute Gasteiger partial charge is 0.236 e. The Morgan fingerprint density at radius 3 is 2.60 bits per heavy atom. The number of nitrogens with two attached hydrogens (primary N) is 1. The Bertz CT molecular complexity index is 99.6. The van der Waals surface area contributed by atoms with E-state index in [1.54, 1.807) is 6.92 Å². The molecule has 0 aromatic carbocycles. The summed E-state index contributed by atoms with van der Waals surface area (Å²) in [6.45, 7) is 1.06. The van der Waals surface area contributed by atoms with E-state index in [9.17, 15) is 9.18 Å². The molecule has 0 bridgehead atoms. The van der Waals surface area contributed by atoms with Crippen molar-refractivity contribution < 1.29 is 9.18 Å². The molecule has 0 aliphatic carbocycles. The van der Waals surface area contributed by atoms with Crippen LogP contribution < -0.4 is 11.1 Å². The number of carbonyl (C=O) groups excluding carboxylic acids is 1. The van der Waals surface area contributed by atoms with Gasteiger partial charge in [-0.25, -0.2) is 4.39 Å². The van der Waals surface area contributed by atoms with Gasteiger partial charge in [-0.3, -0.25) is 4.79 Å². The van der Waals surface area contributed by atoms with E-state index in [2.05, 4.69) is 5.32 Å². The maximum Gasteiger partial charge on any atom is 0.236 e. The van der Waals surface area contributed by atoms with Crippen molar-refractivity contribution >= 4 is 18.3 Å². The van der Waals surface area contributed by atoms with Gasteiger partial charge in [0.05, 0.1) is 6.04 Å². The number of amides is 1. The van der Waals surface area contributed by atoms with Gasteiger partial charge < -0.3 is 11.1 Å². The summed E-state index contributed by atoms with van der Waals surface area (Å²) in [7, 11) is 0. The van der Waals surface area contributed by atoms with Gasteiger partial charge in [0.25, 0.3) is 0 Å². The highest BCUT2D eigenvalue weighted by Crippen LogP contribution is 1.73. The Balaban J connectivity index is 0. The summed E-state index contributed by atoms with van der Waals surface area (Å²) in [5.74, 6) is -0.312. The van der Waals surface area contributed by atoms with Gasteiger partial charge in [-0.05, 0) is 6.92 Å². The summed E-state index contributed by atoms with van der Waals surface area (Å²) in [5.41, 5.74) is 5.14. The van der Waals surface area contributed by atoms with Crippen LogP contribution in [0.25, 0.3) is 0 Å². The predicted molar refractivity (Wildman–Crippen MR) is 39.9 cm³/mol. The molecule has 1 amide bonds. The third kappa shape index (κ3) is 5.78. The Kier molecular flexibility index (Phi) is 8.35. The molecule has 0 rings (SSSR count). The molecule has 0 spiro atoms. The van der Waals surface area contributed by atoms with Crippen molar-refractivity contribution in [2.45, 2.75) is 13.0 Å². The molecular weight excluding hydrogens is 159 g/mol. The number of halogens is 2. The van der Waals surface area contributed by atoms with Crippen LogP contribution in [0.1, 0.15) is 6.92 Å². The number of nitrogens with one attached hydrogen (secondary N) is 1. The van der Waals surface area contributed by atoms with Crippen LogP contribution in [0.5, 0.6) is 0 Å². The number of carbonyl (C=O) groups is 1. The van der Waals surface area contributed by atoms with Crippen molar-refractivity contribution in [1.82, 2.24) is 5.32 Å². The van der Waals surface area contributed by atoms with Crippen LogP contribution in [0, 0.1) is 0 Å². The van der Waals surface area contributed by atoms with Gasteiger partial charge in [-0.15, -0.1) is 12.4 Å². The summed E-state index contributed by atoms with van der Waals surface area (Å²) in [6, 6.07) is -0.545. The van der Waals surface area contributed by atoms with Crippen molar-refractivity contribution in [3.63, 3.8) is 0 Å². The van der Waals surface area contributed by atoms with Crippen LogP contribution in [0.4, 0.5) is 4.39 Å². The van der Waals surface area contributed by atoms with Crippen LogP contribution >= 0.6 is 12.4 Å². The average Bonchev–Trinajstić information content (AvgIpc) is 1.82. The molecule has 3 N–H and O–H groups in total. The second kappa shape index (κ2) is 6.77. The molecule has 0 heterocycles. The van der Waals surface area contributed by atoms with Crippen molar-refractivity contribution in [3.05, 3.63) is 0 Å². The first-order chi connectivity index (χ1) is 4.18. The first kappa shape index (κ1) is 12.3. The molecule has 0 aromatic heterocycles. The van der Waals surface area contributed by atoms with Gasteiger partial charge >= 0.3 is 0 Å². The number of rotatable bonds is 3. The molecule has 0 radical (unpaired) electrons. The SMILES string of the molecule is CC(N)C(=O)NCCF.Cl. The van der Waals surface area contributed by atoms with Crippen molar-refractivity contribution in [3.8, 4) is 0 Å². The zero-order chi connectivity index (χ0) is 7.28. The van der Waals surface area contributed by atoms with Crippen LogP contribution in [0.15, 0.2) is 0 Å². The monoisotopic (exact) mass is 170 g/mol. The average molecular weight is 171 g/mol. The van der Waals surface area contributed by atoms with E-state index >= 15 is 0 Å². The van der Waals surface area contributed by atoms with Gasteiger partial charge in [0, 0.05) is 6.54 Å². The molecule has 10 heavy (non-hydrogen) atoms. The molecule has 0 aliphatic rings. The molecule has 1 atom stereocenters. The summed E-state index contributed by atoms with van der Waals surface area (Å²) < 4.78 is 11.4. The Labute approximate surface area is 65.6 Å². The zero-order valence-electron chi connectivity index (χ0n) is 5.76. The van der Waals surface area contributed by atoms with E-state index in [-0.39, 0.29) is 24.9 Å². The van der Waals surface area contributed by atoms with Gasteiger partial charge in [-0.2, -0.15) is 0 Å². The van der Waals surface area contributed by atoms with Crippen molar-refractivity contribution in [1.29, 1.82) is 0 Å². The van der Waals surface area contributed by atoms with Crippen LogP contribution in [-0.2, 0) is 4.79 Å². The van der Waals surface area contributed by atoms with Crippen molar-refractivity contribution in [2.75, 3.05) is 13.2 Å². The molecule has 0 aliphatic heterocycles. The lowest BCUT2D eigenvalue weighted by Gasteiger charge is -2.03. The third-order valence-electron chi connectivity index (χ3n) is 0.807. The maximum absolute atomic E-state index is 11.4. The lowest BCUT2D eigenvalue weighted by Crippen LogP contribution is -2.39. The predicted octanol–water partition coefficient (Wildman–Crippen LogP) is -0.159. The fourth-order valence-corrected chi connectivity index (χ4v) is 0.331. The largest absolute Gasteiger partial charge is 0.352 e. The van der Waals surface area contributed by atoms with Gasteiger partial charge in [0.15, 0.2) is 0 Å². The Morgan fingerprint density at radius 1 is 1.80 bits per heavy atom. The fourth-order valence-electron chi connectivity index (χ4n) is 0.331. The van der Waals surface area contributed by atoms with E-state index in [4.69, 9.17) is 5.73 Å². The number of hydrogen-bond acceptors (Lipinski definition) is 2. The van der Waals surface area contributed by atoms with Crippen LogP contribution in [0.3, 0.4) is 0 Å². The molecule has 0 fully saturated rings.